The van der Waals surface area contributed by atoms with Crippen LogP contribution in [0, 0.1) is 0 Å². The monoisotopic (exact) mass is 391 g/mol. The second-order valence-corrected chi connectivity index (χ2v) is 6.07. The zero-order valence-corrected chi connectivity index (χ0v) is 14.4. The van der Waals surface area contributed by atoms with Crippen LogP contribution in [0.5, 0.6) is 5.75 Å². The zero-order valence-electron chi connectivity index (χ0n) is 11.4. The predicted molar refractivity (Wildman–Crippen MR) is 92.4 cm³/mol. The number of carbonyl (C=O) groups excluding carboxylic acids is 2. The fourth-order valence-corrected chi connectivity index (χ4v) is 2.64. The van der Waals surface area contributed by atoms with E-state index in [2.05, 4.69) is 5.32 Å². The molecule has 8 heteroatoms. The Morgan fingerprint density at radius 3 is 2.48 bits per heavy atom. The molecule has 1 amide bonds. The molecule has 120 valence electrons. The Morgan fingerprint density at radius 1 is 1.04 bits per heavy atom. The van der Waals surface area contributed by atoms with E-state index in [1.807, 2.05) is 0 Å². The van der Waals surface area contributed by atoms with Crippen LogP contribution in [0.25, 0.3) is 0 Å². The molecule has 2 rings (SSSR count). The molecule has 0 spiro atoms. The first-order chi connectivity index (χ1) is 10.9. The van der Waals surface area contributed by atoms with Gasteiger partial charge in [-0.2, -0.15) is 0 Å². The van der Waals surface area contributed by atoms with Crippen molar-refractivity contribution in [2.75, 3.05) is 11.9 Å². The minimum Gasteiger partial charge on any atom is -0.481 e. The van der Waals surface area contributed by atoms with E-state index in [4.69, 9.17) is 51.1 Å². The van der Waals surface area contributed by atoms with Crippen LogP contribution in [0.2, 0.25) is 20.1 Å². The highest BCUT2D eigenvalue weighted by molar-refractivity contribution is 6.36. The van der Waals surface area contributed by atoms with E-state index in [0.29, 0.717) is 27.0 Å². The molecule has 2 aromatic rings. The molecule has 0 atom stereocenters. The van der Waals surface area contributed by atoms with Crippen molar-refractivity contribution in [3.8, 4) is 5.75 Å². The molecule has 0 unspecified atom stereocenters. The van der Waals surface area contributed by atoms with E-state index >= 15 is 0 Å². The third-order valence-electron chi connectivity index (χ3n) is 2.71. The topological polar surface area (TPSA) is 55.4 Å². The molecule has 0 radical (unpaired) electrons. The smallest absolute Gasteiger partial charge is 0.262 e. The van der Waals surface area contributed by atoms with Crippen LogP contribution >= 0.6 is 46.4 Å². The van der Waals surface area contributed by atoms with Crippen molar-refractivity contribution in [2.24, 2.45) is 0 Å². The summed E-state index contributed by atoms with van der Waals surface area (Å²) in [5, 5.41) is 3.74. The SMILES string of the molecule is O=Cc1cc(Cl)cc(Cl)c1OCC(=O)Nc1cc(Cl)ccc1Cl. The van der Waals surface area contributed by atoms with Crippen molar-refractivity contribution in [3.63, 3.8) is 0 Å². The number of carbonyl (C=O) groups is 2. The highest BCUT2D eigenvalue weighted by Gasteiger charge is 2.13. The lowest BCUT2D eigenvalue weighted by Gasteiger charge is -2.12. The number of hydrogen-bond acceptors (Lipinski definition) is 3. The maximum absolute atomic E-state index is 11.9. The number of hydrogen-bond donors (Lipinski definition) is 1. The van der Waals surface area contributed by atoms with Crippen LogP contribution in [-0.4, -0.2) is 18.8 Å². The lowest BCUT2D eigenvalue weighted by molar-refractivity contribution is -0.118. The standard InChI is InChI=1S/C15H9Cl4NO3/c16-9-1-2-11(18)13(5-9)20-14(22)7-23-15-8(6-21)3-10(17)4-12(15)19/h1-6H,7H2,(H,20,22). The number of amides is 1. The molecule has 23 heavy (non-hydrogen) atoms. The van der Waals surface area contributed by atoms with Gasteiger partial charge in [0.05, 0.1) is 21.3 Å². The number of nitrogens with one attached hydrogen (secondary N) is 1. The maximum atomic E-state index is 11.9. The maximum Gasteiger partial charge on any atom is 0.262 e. The first-order valence-corrected chi connectivity index (χ1v) is 7.74. The van der Waals surface area contributed by atoms with Gasteiger partial charge in [0, 0.05) is 10.0 Å². The van der Waals surface area contributed by atoms with Crippen LogP contribution in [0.1, 0.15) is 10.4 Å². The molecule has 0 aromatic heterocycles. The van der Waals surface area contributed by atoms with Gasteiger partial charge in [-0.15, -0.1) is 0 Å². The van der Waals surface area contributed by atoms with E-state index < -0.39 is 5.91 Å². The number of aldehydes is 1. The highest BCUT2D eigenvalue weighted by atomic mass is 35.5. The average molecular weight is 393 g/mol. The largest absolute Gasteiger partial charge is 0.481 e. The van der Waals surface area contributed by atoms with Gasteiger partial charge in [0.15, 0.2) is 12.9 Å². The lowest BCUT2D eigenvalue weighted by atomic mass is 10.2. The third kappa shape index (κ3) is 4.75. The molecule has 0 aliphatic rings. The van der Waals surface area contributed by atoms with Crippen molar-refractivity contribution in [2.45, 2.75) is 0 Å². The van der Waals surface area contributed by atoms with Gasteiger partial charge in [0.25, 0.3) is 5.91 Å². The summed E-state index contributed by atoms with van der Waals surface area (Å²) in [6, 6.07) is 7.47. The molecule has 0 fully saturated rings. The van der Waals surface area contributed by atoms with Gasteiger partial charge < -0.3 is 10.1 Å². The van der Waals surface area contributed by atoms with Crippen molar-refractivity contribution >= 4 is 64.3 Å². The predicted octanol–water partition coefficient (Wildman–Crippen LogP) is 5.13. The van der Waals surface area contributed by atoms with E-state index in [1.54, 1.807) is 12.1 Å². The van der Waals surface area contributed by atoms with E-state index in [9.17, 15) is 9.59 Å². The Labute approximate surface area is 152 Å². The first kappa shape index (κ1) is 17.9. The minimum atomic E-state index is -0.489. The second-order valence-electron chi connectivity index (χ2n) is 4.38. The molecule has 2 aromatic carbocycles. The summed E-state index contributed by atoms with van der Waals surface area (Å²) in [5.74, 6) is -0.407. The molecule has 1 N–H and O–H groups in total. The lowest BCUT2D eigenvalue weighted by Crippen LogP contribution is -2.20. The number of halogens is 4. The first-order valence-electron chi connectivity index (χ1n) is 6.22. The van der Waals surface area contributed by atoms with Crippen molar-refractivity contribution in [3.05, 3.63) is 56.0 Å². The summed E-state index contributed by atoms with van der Waals surface area (Å²) in [4.78, 5) is 23.0. The summed E-state index contributed by atoms with van der Waals surface area (Å²) < 4.78 is 5.31. The molecule has 0 aliphatic heterocycles. The summed E-state index contributed by atoms with van der Waals surface area (Å²) >= 11 is 23.6. The molecule has 0 heterocycles. The van der Waals surface area contributed by atoms with Crippen molar-refractivity contribution < 1.29 is 14.3 Å². The zero-order chi connectivity index (χ0) is 17.0. The van der Waals surface area contributed by atoms with Gasteiger partial charge in [-0.05, 0) is 30.3 Å². The second kappa shape index (κ2) is 7.88. The quantitative estimate of drug-likeness (QED) is 0.717. The Kier molecular flexibility index (Phi) is 6.13. The van der Waals surface area contributed by atoms with E-state index in [0.717, 1.165) is 0 Å². The Balaban J connectivity index is 2.08. The molecule has 0 saturated heterocycles. The summed E-state index contributed by atoms with van der Waals surface area (Å²) in [5.41, 5.74) is 0.502. The Hall–Kier alpha value is -1.46. The number of anilines is 1. The molecule has 4 nitrogen and oxygen atoms in total. The van der Waals surface area contributed by atoms with Crippen LogP contribution in [-0.2, 0) is 4.79 Å². The van der Waals surface area contributed by atoms with Gasteiger partial charge in [-0.3, -0.25) is 9.59 Å². The van der Waals surface area contributed by atoms with Crippen LogP contribution in [0.15, 0.2) is 30.3 Å². The van der Waals surface area contributed by atoms with Gasteiger partial charge in [-0.1, -0.05) is 46.4 Å². The number of rotatable bonds is 5. The van der Waals surface area contributed by atoms with Crippen LogP contribution < -0.4 is 10.1 Å². The Bertz CT molecular complexity index is 765. The minimum absolute atomic E-state index is 0.0819. The Morgan fingerprint density at radius 2 is 1.78 bits per heavy atom. The summed E-state index contributed by atoms with van der Waals surface area (Å²) in [6.45, 7) is -0.370. The van der Waals surface area contributed by atoms with E-state index in [1.165, 1.54) is 18.2 Å². The molecular weight excluding hydrogens is 384 g/mol. The van der Waals surface area contributed by atoms with Crippen LogP contribution in [0.3, 0.4) is 0 Å². The number of ether oxygens (including phenoxy) is 1. The fraction of sp³-hybridized carbons (Fsp3) is 0.0667. The van der Waals surface area contributed by atoms with Crippen LogP contribution in [0.4, 0.5) is 5.69 Å². The van der Waals surface area contributed by atoms with Crippen molar-refractivity contribution in [1.29, 1.82) is 0 Å². The van der Waals surface area contributed by atoms with Crippen molar-refractivity contribution in [1.82, 2.24) is 0 Å². The van der Waals surface area contributed by atoms with Gasteiger partial charge >= 0.3 is 0 Å². The van der Waals surface area contributed by atoms with E-state index in [-0.39, 0.29) is 22.9 Å². The molecule has 0 saturated carbocycles. The average Bonchev–Trinajstić information content (AvgIpc) is 2.49. The number of benzene rings is 2. The molecule has 0 bridgehead atoms. The fourth-order valence-electron chi connectivity index (χ4n) is 1.74. The van der Waals surface area contributed by atoms with Gasteiger partial charge in [0.2, 0.25) is 0 Å². The third-order valence-corrected chi connectivity index (χ3v) is 3.78. The highest BCUT2D eigenvalue weighted by Crippen LogP contribution is 2.31. The molecule has 0 aliphatic carbocycles. The van der Waals surface area contributed by atoms with Gasteiger partial charge in [0.1, 0.15) is 5.75 Å². The summed E-state index contributed by atoms with van der Waals surface area (Å²) in [6.07, 6.45) is 0.541. The summed E-state index contributed by atoms with van der Waals surface area (Å²) in [7, 11) is 0. The normalized spacial score (nSPS) is 10.3. The van der Waals surface area contributed by atoms with Gasteiger partial charge in [-0.25, -0.2) is 0 Å². The molecular formula is C15H9Cl4NO3.